The van der Waals surface area contributed by atoms with Crippen molar-refractivity contribution in [1.82, 2.24) is 0 Å². The highest BCUT2D eigenvalue weighted by Crippen LogP contribution is 2.41. The lowest BCUT2D eigenvalue weighted by Crippen LogP contribution is -2.45. The molecule has 0 spiro atoms. The van der Waals surface area contributed by atoms with Crippen LogP contribution < -0.4 is 0 Å². The van der Waals surface area contributed by atoms with Crippen LogP contribution in [0.3, 0.4) is 0 Å². The van der Waals surface area contributed by atoms with Crippen LogP contribution in [0.5, 0.6) is 0 Å². The number of hydrogen-bond acceptors (Lipinski definition) is 2. The van der Waals surface area contributed by atoms with Crippen LogP contribution in [0.15, 0.2) is 0 Å². The average molecular weight is 186 g/mol. The third-order valence-electron chi connectivity index (χ3n) is 3.27. The molecule has 1 unspecified atom stereocenters. The van der Waals surface area contributed by atoms with Gasteiger partial charge < -0.3 is 9.22 Å². The Morgan fingerprint density at radius 1 is 1.08 bits per heavy atom. The van der Waals surface area contributed by atoms with Crippen LogP contribution in [0, 0.1) is 0 Å². The molecule has 0 aromatic carbocycles. The van der Waals surface area contributed by atoms with Gasteiger partial charge in [-0.05, 0) is 31.7 Å². The molecule has 2 rings (SSSR count). The molecule has 1 aliphatic heterocycles. The Hall–Kier alpha value is 0.137. The minimum absolute atomic E-state index is 0.567. The van der Waals surface area contributed by atoms with E-state index in [1.165, 1.54) is 32.1 Å². The molecule has 1 N–H and O–H groups in total. The van der Waals surface area contributed by atoms with E-state index in [1.54, 1.807) is 0 Å². The lowest BCUT2D eigenvalue weighted by atomic mass is 10.3. The highest BCUT2D eigenvalue weighted by Gasteiger charge is 2.44. The Labute approximate surface area is 75.2 Å². The first-order chi connectivity index (χ1) is 5.81. The smallest absolute Gasteiger partial charge is 0.338 e. The van der Waals surface area contributed by atoms with Crippen LogP contribution in [-0.2, 0) is 4.43 Å². The molecule has 1 saturated heterocycles. The molecule has 1 heterocycles. The summed E-state index contributed by atoms with van der Waals surface area (Å²) in [6.07, 6.45) is 7.42. The third-order valence-corrected chi connectivity index (χ3v) is 6.90. The molecule has 1 atom stereocenters. The van der Waals surface area contributed by atoms with Crippen molar-refractivity contribution in [2.24, 2.45) is 0 Å². The van der Waals surface area contributed by atoms with Gasteiger partial charge in [0.15, 0.2) is 0 Å². The van der Waals surface area contributed by atoms with Crippen LogP contribution in [0.1, 0.15) is 38.5 Å². The minimum atomic E-state index is -2.20. The summed E-state index contributed by atoms with van der Waals surface area (Å²) >= 11 is 0. The van der Waals surface area contributed by atoms with Crippen molar-refractivity contribution in [1.29, 1.82) is 0 Å². The third kappa shape index (κ3) is 1.58. The maximum atomic E-state index is 10.3. The molecule has 2 fully saturated rings. The van der Waals surface area contributed by atoms with E-state index in [0.717, 1.165) is 19.1 Å². The molecule has 0 bridgehead atoms. The average Bonchev–Trinajstić information content (AvgIpc) is 2.58. The molecular weight excluding hydrogens is 168 g/mol. The topological polar surface area (TPSA) is 29.5 Å². The van der Waals surface area contributed by atoms with Crippen LogP contribution in [0.2, 0.25) is 11.6 Å². The fourth-order valence-electron chi connectivity index (χ4n) is 2.50. The fraction of sp³-hybridized carbons (Fsp3) is 1.00. The Kier molecular flexibility index (Phi) is 2.53. The molecule has 0 aromatic rings. The lowest BCUT2D eigenvalue weighted by Gasteiger charge is -2.33. The minimum Gasteiger partial charge on any atom is -0.410 e. The van der Waals surface area contributed by atoms with Gasteiger partial charge >= 0.3 is 8.56 Å². The van der Waals surface area contributed by atoms with Crippen molar-refractivity contribution in [3.8, 4) is 0 Å². The van der Waals surface area contributed by atoms with Gasteiger partial charge in [0.1, 0.15) is 0 Å². The molecule has 1 saturated carbocycles. The Balaban J connectivity index is 1.97. The van der Waals surface area contributed by atoms with Gasteiger partial charge in [0.2, 0.25) is 0 Å². The standard InChI is InChI=1S/C9H18O2Si/c10-12(8-4-3-7-11-12)9-5-1-2-6-9/h9-10H,1-8H2. The highest BCUT2D eigenvalue weighted by molar-refractivity contribution is 6.67. The first-order valence-corrected chi connectivity index (χ1v) is 7.32. The van der Waals surface area contributed by atoms with Crippen LogP contribution in [-0.4, -0.2) is 20.0 Å². The van der Waals surface area contributed by atoms with Gasteiger partial charge in [0, 0.05) is 12.1 Å². The quantitative estimate of drug-likeness (QED) is 0.636. The predicted octanol–water partition coefficient (Wildman–Crippen LogP) is 2.18. The zero-order chi connectivity index (χ0) is 8.44. The van der Waals surface area contributed by atoms with Gasteiger partial charge in [-0.25, -0.2) is 0 Å². The summed E-state index contributed by atoms with van der Waals surface area (Å²) in [5.41, 5.74) is 0.567. The SMILES string of the molecule is O[Si]1(C2CCCC2)CCCCO1. The summed E-state index contributed by atoms with van der Waals surface area (Å²) in [5, 5.41) is 0. The second-order valence-corrected chi connectivity index (χ2v) is 7.43. The second kappa shape index (κ2) is 3.48. The van der Waals surface area contributed by atoms with Crippen molar-refractivity contribution in [3.63, 3.8) is 0 Å². The van der Waals surface area contributed by atoms with Gasteiger partial charge in [-0.2, -0.15) is 0 Å². The summed E-state index contributed by atoms with van der Waals surface area (Å²) in [4.78, 5) is 10.3. The molecule has 12 heavy (non-hydrogen) atoms. The maximum Gasteiger partial charge on any atom is 0.338 e. The molecule has 0 aromatic heterocycles. The normalized spacial score (nSPS) is 38.8. The van der Waals surface area contributed by atoms with Crippen molar-refractivity contribution >= 4 is 8.56 Å². The van der Waals surface area contributed by atoms with Crippen molar-refractivity contribution < 1.29 is 9.22 Å². The Morgan fingerprint density at radius 2 is 1.83 bits per heavy atom. The van der Waals surface area contributed by atoms with E-state index < -0.39 is 8.56 Å². The monoisotopic (exact) mass is 186 g/mol. The molecule has 2 aliphatic rings. The van der Waals surface area contributed by atoms with Crippen LogP contribution in [0.4, 0.5) is 0 Å². The predicted molar refractivity (Wildman–Crippen MR) is 50.2 cm³/mol. The lowest BCUT2D eigenvalue weighted by molar-refractivity contribution is 0.190. The number of hydrogen-bond donors (Lipinski definition) is 1. The number of rotatable bonds is 1. The highest BCUT2D eigenvalue weighted by atomic mass is 28.4. The molecule has 0 amide bonds. The molecule has 2 nitrogen and oxygen atoms in total. The molecule has 1 aliphatic carbocycles. The van der Waals surface area contributed by atoms with Gasteiger partial charge in [-0.1, -0.05) is 12.8 Å². The van der Waals surface area contributed by atoms with Gasteiger partial charge in [0.05, 0.1) is 0 Å². The summed E-state index contributed by atoms with van der Waals surface area (Å²) in [7, 11) is -2.20. The molecular formula is C9H18O2Si. The second-order valence-electron chi connectivity index (χ2n) is 4.13. The summed E-state index contributed by atoms with van der Waals surface area (Å²) in [5.74, 6) is 0. The van der Waals surface area contributed by atoms with Crippen molar-refractivity contribution in [3.05, 3.63) is 0 Å². The summed E-state index contributed by atoms with van der Waals surface area (Å²) < 4.78 is 5.64. The van der Waals surface area contributed by atoms with E-state index in [1.807, 2.05) is 0 Å². The van der Waals surface area contributed by atoms with E-state index in [4.69, 9.17) is 4.43 Å². The Bertz CT molecular complexity index is 149. The first-order valence-electron chi connectivity index (χ1n) is 5.18. The zero-order valence-corrected chi connectivity index (χ0v) is 8.59. The van der Waals surface area contributed by atoms with Crippen molar-refractivity contribution in [2.75, 3.05) is 6.61 Å². The summed E-state index contributed by atoms with van der Waals surface area (Å²) in [6.45, 7) is 0.819. The Morgan fingerprint density at radius 3 is 2.42 bits per heavy atom. The van der Waals surface area contributed by atoms with Crippen LogP contribution >= 0.6 is 0 Å². The van der Waals surface area contributed by atoms with Crippen molar-refractivity contribution in [2.45, 2.75) is 50.1 Å². The van der Waals surface area contributed by atoms with Gasteiger partial charge in [-0.15, -0.1) is 0 Å². The van der Waals surface area contributed by atoms with E-state index >= 15 is 0 Å². The molecule has 3 heteroatoms. The zero-order valence-electron chi connectivity index (χ0n) is 7.59. The molecule has 0 radical (unpaired) electrons. The van der Waals surface area contributed by atoms with E-state index in [-0.39, 0.29) is 0 Å². The molecule has 70 valence electrons. The largest absolute Gasteiger partial charge is 0.410 e. The van der Waals surface area contributed by atoms with Crippen LogP contribution in [0.25, 0.3) is 0 Å². The maximum absolute atomic E-state index is 10.3. The van der Waals surface area contributed by atoms with E-state index in [9.17, 15) is 4.80 Å². The van der Waals surface area contributed by atoms with Gasteiger partial charge in [0.25, 0.3) is 0 Å². The van der Waals surface area contributed by atoms with E-state index in [2.05, 4.69) is 0 Å². The van der Waals surface area contributed by atoms with E-state index in [0.29, 0.717) is 5.54 Å². The fourth-order valence-corrected chi connectivity index (χ4v) is 5.85. The summed E-state index contributed by atoms with van der Waals surface area (Å²) in [6, 6.07) is 0.998. The first kappa shape index (κ1) is 8.72. The van der Waals surface area contributed by atoms with Gasteiger partial charge in [-0.3, -0.25) is 0 Å².